The number of allylic oxidation sites excluding steroid dienone is 2. The fourth-order valence-corrected chi connectivity index (χ4v) is 3.97. The zero-order valence-electron chi connectivity index (χ0n) is 15.6. The third kappa shape index (κ3) is 4.83. The third-order valence-corrected chi connectivity index (χ3v) is 5.53. The Morgan fingerprint density at radius 3 is 2.04 bits per heavy atom. The van der Waals surface area contributed by atoms with Gasteiger partial charge < -0.3 is 4.74 Å². The molecular weight excluding hydrogens is 304 g/mol. The lowest BCUT2D eigenvalue weighted by atomic mass is 9.77. The van der Waals surface area contributed by atoms with Crippen LogP contribution in [0.1, 0.15) is 56.1 Å². The van der Waals surface area contributed by atoms with Gasteiger partial charge >= 0.3 is 0 Å². The molecule has 1 nitrogen and oxygen atoms in total. The molecule has 0 aliphatic heterocycles. The van der Waals surface area contributed by atoms with Gasteiger partial charge in [0.25, 0.3) is 0 Å². The highest BCUT2D eigenvalue weighted by Crippen LogP contribution is 2.37. The molecule has 132 valence electrons. The van der Waals surface area contributed by atoms with Crippen LogP contribution in [0, 0.1) is 5.92 Å². The van der Waals surface area contributed by atoms with Crippen molar-refractivity contribution < 1.29 is 4.74 Å². The molecule has 2 aromatic rings. The Morgan fingerprint density at radius 1 is 0.880 bits per heavy atom. The molecule has 1 saturated carbocycles. The number of hydrogen-bond donors (Lipinski definition) is 0. The molecule has 1 heteroatoms. The van der Waals surface area contributed by atoms with E-state index in [4.69, 9.17) is 4.74 Å². The smallest absolute Gasteiger partial charge is 0.0713 e. The van der Waals surface area contributed by atoms with Crippen LogP contribution < -0.4 is 0 Å². The fraction of sp³-hybridized carbons (Fsp3) is 0.417. The summed E-state index contributed by atoms with van der Waals surface area (Å²) in [7, 11) is 1.74. The summed E-state index contributed by atoms with van der Waals surface area (Å²) < 4.78 is 5.18. The van der Waals surface area contributed by atoms with E-state index in [2.05, 4.69) is 67.6 Å². The van der Waals surface area contributed by atoms with Crippen LogP contribution in [0.3, 0.4) is 0 Å². The third-order valence-electron chi connectivity index (χ3n) is 5.53. The second-order valence-corrected chi connectivity index (χ2v) is 7.27. The number of hydrogen-bond acceptors (Lipinski definition) is 1. The second kappa shape index (κ2) is 9.01. The summed E-state index contributed by atoms with van der Waals surface area (Å²) in [6.07, 6.45) is 11.2. The van der Waals surface area contributed by atoms with Gasteiger partial charge in [0, 0.05) is 7.11 Å². The minimum Gasteiger partial charge on any atom is -0.380 e. The van der Waals surface area contributed by atoms with E-state index in [0.717, 1.165) is 11.8 Å². The molecule has 0 spiro atoms. The van der Waals surface area contributed by atoms with Gasteiger partial charge in [-0.3, -0.25) is 0 Å². The molecule has 0 radical (unpaired) electrons. The molecule has 2 aromatic carbocycles. The van der Waals surface area contributed by atoms with E-state index in [0.29, 0.717) is 6.61 Å². The van der Waals surface area contributed by atoms with E-state index in [-0.39, 0.29) is 0 Å². The summed E-state index contributed by atoms with van der Waals surface area (Å²) in [5.41, 5.74) is 5.32. The van der Waals surface area contributed by atoms with Gasteiger partial charge in [0.2, 0.25) is 0 Å². The van der Waals surface area contributed by atoms with Gasteiger partial charge in [-0.1, -0.05) is 60.7 Å². The summed E-state index contributed by atoms with van der Waals surface area (Å²) >= 11 is 0. The van der Waals surface area contributed by atoms with E-state index >= 15 is 0 Å². The van der Waals surface area contributed by atoms with Gasteiger partial charge in [-0.25, -0.2) is 0 Å². The number of methoxy groups -OCH3 is 1. The normalized spacial score (nSPS) is 20.9. The van der Waals surface area contributed by atoms with Crippen LogP contribution in [-0.2, 0) is 11.3 Å². The Hall–Kier alpha value is -1.86. The van der Waals surface area contributed by atoms with Crippen LogP contribution in [0.4, 0.5) is 0 Å². The lowest BCUT2D eigenvalue weighted by Crippen LogP contribution is -2.12. The van der Waals surface area contributed by atoms with Crippen molar-refractivity contribution in [2.24, 2.45) is 5.92 Å². The molecular formula is C24H30O. The first-order valence-corrected chi connectivity index (χ1v) is 9.59. The summed E-state index contributed by atoms with van der Waals surface area (Å²) in [5, 5.41) is 0. The molecule has 0 amide bonds. The maximum Gasteiger partial charge on any atom is 0.0713 e. The van der Waals surface area contributed by atoms with E-state index in [9.17, 15) is 0 Å². The highest BCUT2D eigenvalue weighted by molar-refractivity contribution is 5.64. The topological polar surface area (TPSA) is 9.23 Å². The summed E-state index contributed by atoms with van der Waals surface area (Å²) in [4.78, 5) is 0. The van der Waals surface area contributed by atoms with Gasteiger partial charge in [-0.15, -0.1) is 0 Å². The Morgan fingerprint density at radius 2 is 1.48 bits per heavy atom. The maximum atomic E-state index is 5.18. The van der Waals surface area contributed by atoms with E-state index in [1.165, 1.54) is 54.4 Å². The summed E-state index contributed by atoms with van der Waals surface area (Å²) in [6, 6.07) is 17.9. The molecule has 0 atom stereocenters. The monoisotopic (exact) mass is 334 g/mol. The van der Waals surface area contributed by atoms with Gasteiger partial charge in [-0.05, 0) is 73.1 Å². The maximum absolute atomic E-state index is 5.18. The lowest BCUT2D eigenvalue weighted by molar-refractivity contribution is 0.185. The van der Waals surface area contributed by atoms with E-state index in [1.807, 2.05) is 0 Å². The molecule has 0 heterocycles. The first kappa shape index (κ1) is 17.9. The molecule has 1 aliphatic carbocycles. The van der Waals surface area contributed by atoms with Crippen molar-refractivity contribution in [3.05, 3.63) is 71.8 Å². The standard InChI is InChI=1S/C24H30O/c1-3-4-5-19-6-10-21(11-7-19)23-14-16-24(17-15-23)22-12-8-20(9-13-22)18-25-2/h3-4,8-9,12-17,19,21H,5-7,10-11,18H2,1-2H3/t19-,21-. The number of benzene rings is 2. The molecule has 0 saturated heterocycles. The molecule has 0 bridgehead atoms. The molecule has 25 heavy (non-hydrogen) atoms. The van der Waals surface area contributed by atoms with Crippen LogP contribution in [-0.4, -0.2) is 7.11 Å². The minimum atomic E-state index is 0.677. The average molecular weight is 335 g/mol. The zero-order valence-corrected chi connectivity index (χ0v) is 15.6. The van der Waals surface area contributed by atoms with Crippen molar-refractivity contribution in [3.8, 4) is 11.1 Å². The zero-order chi connectivity index (χ0) is 17.5. The van der Waals surface area contributed by atoms with E-state index < -0.39 is 0 Å². The molecule has 0 aromatic heterocycles. The average Bonchev–Trinajstić information content (AvgIpc) is 2.68. The minimum absolute atomic E-state index is 0.677. The van der Waals surface area contributed by atoms with Crippen LogP contribution in [0.5, 0.6) is 0 Å². The van der Waals surface area contributed by atoms with Gasteiger partial charge in [0.1, 0.15) is 0 Å². The molecule has 1 aliphatic rings. The van der Waals surface area contributed by atoms with Gasteiger partial charge in [-0.2, -0.15) is 0 Å². The Kier molecular flexibility index (Phi) is 6.47. The van der Waals surface area contributed by atoms with Crippen molar-refractivity contribution in [1.82, 2.24) is 0 Å². The fourth-order valence-electron chi connectivity index (χ4n) is 3.97. The van der Waals surface area contributed by atoms with Crippen molar-refractivity contribution in [2.45, 2.75) is 51.6 Å². The van der Waals surface area contributed by atoms with Crippen molar-refractivity contribution in [2.75, 3.05) is 7.11 Å². The predicted molar refractivity (Wildman–Crippen MR) is 107 cm³/mol. The Bertz CT molecular complexity index is 658. The highest BCUT2D eigenvalue weighted by atomic mass is 16.5. The second-order valence-electron chi connectivity index (χ2n) is 7.27. The van der Waals surface area contributed by atoms with Gasteiger partial charge in [0.15, 0.2) is 0 Å². The first-order valence-electron chi connectivity index (χ1n) is 9.59. The van der Waals surface area contributed by atoms with E-state index in [1.54, 1.807) is 7.11 Å². The van der Waals surface area contributed by atoms with Crippen molar-refractivity contribution in [1.29, 1.82) is 0 Å². The largest absolute Gasteiger partial charge is 0.380 e. The Labute approximate surface area is 152 Å². The summed E-state index contributed by atoms with van der Waals surface area (Å²) in [5.74, 6) is 1.65. The molecule has 0 unspecified atom stereocenters. The van der Waals surface area contributed by atoms with Gasteiger partial charge in [0.05, 0.1) is 6.61 Å². The van der Waals surface area contributed by atoms with Crippen LogP contribution in [0.25, 0.3) is 11.1 Å². The van der Waals surface area contributed by atoms with Crippen molar-refractivity contribution >= 4 is 0 Å². The quantitative estimate of drug-likeness (QED) is 0.531. The van der Waals surface area contributed by atoms with Crippen LogP contribution in [0.15, 0.2) is 60.7 Å². The highest BCUT2D eigenvalue weighted by Gasteiger charge is 2.21. The van der Waals surface area contributed by atoms with Crippen molar-refractivity contribution in [3.63, 3.8) is 0 Å². The number of rotatable bonds is 6. The molecule has 0 N–H and O–H groups in total. The first-order chi connectivity index (χ1) is 12.3. The predicted octanol–water partition coefficient (Wildman–Crippen LogP) is 6.74. The SMILES string of the molecule is CC=CC[C@H]1CC[C@H](c2ccc(-c3ccc(COC)cc3)cc2)CC1. The van der Waals surface area contributed by atoms with Crippen LogP contribution >= 0.6 is 0 Å². The Balaban J connectivity index is 1.61. The number of ether oxygens (including phenoxy) is 1. The lowest BCUT2D eigenvalue weighted by Gasteiger charge is -2.28. The van der Waals surface area contributed by atoms with Crippen LogP contribution in [0.2, 0.25) is 0 Å². The molecule has 3 rings (SSSR count). The molecule has 1 fully saturated rings. The summed E-state index contributed by atoms with van der Waals surface area (Å²) in [6.45, 7) is 2.80.